The molecule has 0 aromatic carbocycles. The third-order valence-electron chi connectivity index (χ3n) is 2.62. The van der Waals surface area contributed by atoms with Crippen LogP contribution in [0, 0.1) is 0 Å². The minimum absolute atomic E-state index is 0.0922. The number of amides is 1. The Balaban J connectivity index is 2.67. The van der Waals surface area contributed by atoms with Gasteiger partial charge in [0.25, 0.3) is 0 Å². The predicted molar refractivity (Wildman–Crippen MR) is 79.3 cm³/mol. The van der Waals surface area contributed by atoms with E-state index in [2.05, 4.69) is 15.3 Å². The largest absolute Gasteiger partial charge is 0.383 e. The number of nitrogens with one attached hydrogen (secondary N) is 1. The van der Waals surface area contributed by atoms with E-state index in [1.165, 1.54) is 0 Å². The summed E-state index contributed by atoms with van der Waals surface area (Å²) in [5, 5.41) is 3.13. The first-order valence-corrected chi connectivity index (χ1v) is 6.83. The van der Waals surface area contributed by atoms with E-state index in [-0.39, 0.29) is 18.4 Å². The van der Waals surface area contributed by atoms with Crippen molar-refractivity contribution in [3.05, 3.63) is 17.0 Å². The standard InChI is InChI=1S/C13H21ClN4O2/c1-9(2)13-16-10(14)7-11(17-13)18(3)8-12(19)15-5-6-20-4/h7,9H,5-6,8H2,1-4H3,(H,15,19). The van der Waals surface area contributed by atoms with Gasteiger partial charge in [-0.05, 0) is 0 Å². The third-order valence-corrected chi connectivity index (χ3v) is 2.81. The minimum atomic E-state index is -0.0922. The molecule has 20 heavy (non-hydrogen) atoms. The molecule has 0 unspecified atom stereocenters. The van der Waals surface area contributed by atoms with E-state index in [9.17, 15) is 4.79 Å². The number of methoxy groups -OCH3 is 1. The van der Waals surface area contributed by atoms with Crippen LogP contribution in [0.2, 0.25) is 5.15 Å². The minimum Gasteiger partial charge on any atom is -0.383 e. The predicted octanol–water partition coefficient (Wildman–Crippen LogP) is 1.45. The Kier molecular flexibility index (Phi) is 6.67. The summed E-state index contributed by atoms with van der Waals surface area (Å²) in [4.78, 5) is 22.0. The maximum atomic E-state index is 11.7. The van der Waals surface area contributed by atoms with Crippen LogP contribution in [-0.2, 0) is 9.53 Å². The molecule has 0 aliphatic carbocycles. The Bertz CT molecular complexity index is 454. The summed E-state index contributed by atoms with van der Waals surface area (Å²) in [6.45, 7) is 5.17. The van der Waals surface area contributed by atoms with Crippen molar-refractivity contribution in [2.45, 2.75) is 19.8 Å². The lowest BCUT2D eigenvalue weighted by atomic mass is 10.2. The average molecular weight is 301 g/mol. The number of anilines is 1. The fourth-order valence-corrected chi connectivity index (χ4v) is 1.71. The Morgan fingerprint density at radius 3 is 2.80 bits per heavy atom. The first-order valence-electron chi connectivity index (χ1n) is 6.45. The van der Waals surface area contributed by atoms with Crippen molar-refractivity contribution in [3.63, 3.8) is 0 Å². The maximum absolute atomic E-state index is 11.7. The number of hydrogen-bond donors (Lipinski definition) is 1. The van der Waals surface area contributed by atoms with Gasteiger partial charge in [0.15, 0.2) is 0 Å². The SMILES string of the molecule is COCCNC(=O)CN(C)c1cc(Cl)nc(C(C)C)n1. The second kappa shape index (κ2) is 8.01. The van der Waals surface area contributed by atoms with E-state index in [1.54, 1.807) is 25.1 Å². The lowest BCUT2D eigenvalue weighted by Crippen LogP contribution is -2.37. The van der Waals surface area contributed by atoms with E-state index < -0.39 is 0 Å². The number of carbonyl (C=O) groups excluding carboxylic acids is 1. The molecule has 7 heteroatoms. The van der Waals surface area contributed by atoms with Crippen LogP contribution in [0.1, 0.15) is 25.6 Å². The maximum Gasteiger partial charge on any atom is 0.239 e. The van der Waals surface area contributed by atoms with Gasteiger partial charge in [-0.2, -0.15) is 0 Å². The van der Waals surface area contributed by atoms with Gasteiger partial charge in [0, 0.05) is 32.7 Å². The van der Waals surface area contributed by atoms with Crippen molar-refractivity contribution in [2.24, 2.45) is 0 Å². The smallest absolute Gasteiger partial charge is 0.239 e. The number of carbonyl (C=O) groups is 1. The highest BCUT2D eigenvalue weighted by Gasteiger charge is 2.12. The van der Waals surface area contributed by atoms with E-state index >= 15 is 0 Å². The van der Waals surface area contributed by atoms with Gasteiger partial charge in [0.1, 0.15) is 16.8 Å². The van der Waals surface area contributed by atoms with Gasteiger partial charge in [0.05, 0.1) is 13.2 Å². The fourth-order valence-electron chi connectivity index (χ4n) is 1.52. The molecule has 112 valence electrons. The molecule has 0 saturated carbocycles. The number of hydrogen-bond acceptors (Lipinski definition) is 5. The van der Waals surface area contributed by atoms with Crippen LogP contribution in [0.25, 0.3) is 0 Å². The lowest BCUT2D eigenvalue weighted by molar-refractivity contribution is -0.119. The highest BCUT2D eigenvalue weighted by Crippen LogP contribution is 2.18. The van der Waals surface area contributed by atoms with Crippen molar-refractivity contribution >= 4 is 23.3 Å². The second-order valence-electron chi connectivity index (χ2n) is 4.76. The van der Waals surface area contributed by atoms with Gasteiger partial charge in [-0.3, -0.25) is 4.79 Å². The third kappa shape index (κ3) is 5.30. The van der Waals surface area contributed by atoms with Crippen LogP contribution in [0.3, 0.4) is 0 Å². The molecule has 6 nitrogen and oxygen atoms in total. The van der Waals surface area contributed by atoms with Gasteiger partial charge >= 0.3 is 0 Å². The van der Waals surface area contributed by atoms with Crippen molar-refractivity contribution < 1.29 is 9.53 Å². The molecule has 0 saturated heterocycles. The van der Waals surface area contributed by atoms with Gasteiger partial charge < -0.3 is 15.0 Å². The molecule has 0 spiro atoms. The molecule has 0 atom stereocenters. The van der Waals surface area contributed by atoms with Crippen LogP contribution in [-0.4, -0.2) is 49.7 Å². The molecule has 0 aliphatic heterocycles. The number of nitrogens with zero attached hydrogens (tertiary/aromatic N) is 3. The van der Waals surface area contributed by atoms with Gasteiger partial charge in [-0.1, -0.05) is 25.4 Å². The molecule has 1 amide bonds. The number of aromatic nitrogens is 2. The summed E-state index contributed by atoms with van der Waals surface area (Å²) < 4.78 is 4.87. The van der Waals surface area contributed by atoms with Crippen molar-refractivity contribution in [3.8, 4) is 0 Å². The van der Waals surface area contributed by atoms with Gasteiger partial charge in [0.2, 0.25) is 5.91 Å². The van der Waals surface area contributed by atoms with E-state index in [1.807, 2.05) is 13.8 Å². The molecule has 0 bridgehead atoms. The van der Waals surface area contributed by atoms with E-state index in [0.717, 1.165) is 0 Å². The van der Waals surface area contributed by atoms with Gasteiger partial charge in [-0.15, -0.1) is 0 Å². The van der Waals surface area contributed by atoms with Crippen LogP contribution >= 0.6 is 11.6 Å². The molecule has 1 rings (SSSR count). The first kappa shape index (κ1) is 16.7. The molecule has 1 aromatic rings. The number of halogens is 1. The summed E-state index contributed by atoms with van der Waals surface area (Å²) in [5.41, 5.74) is 0. The molecule has 1 aromatic heterocycles. The Morgan fingerprint density at radius 2 is 2.20 bits per heavy atom. The zero-order chi connectivity index (χ0) is 15.1. The quantitative estimate of drug-likeness (QED) is 0.610. The van der Waals surface area contributed by atoms with Crippen molar-refractivity contribution in [2.75, 3.05) is 38.8 Å². The summed E-state index contributed by atoms with van der Waals surface area (Å²) in [6, 6.07) is 1.65. The average Bonchev–Trinajstić information content (AvgIpc) is 2.38. The molecule has 0 radical (unpaired) electrons. The van der Waals surface area contributed by atoms with E-state index in [0.29, 0.717) is 29.9 Å². The summed E-state index contributed by atoms with van der Waals surface area (Å²) in [7, 11) is 3.38. The van der Waals surface area contributed by atoms with E-state index in [4.69, 9.17) is 16.3 Å². The zero-order valence-corrected chi connectivity index (χ0v) is 13.1. The molecule has 1 N–H and O–H groups in total. The zero-order valence-electron chi connectivity index (χ0n) is 12.3. The second-order valence-corrected chi connectivity index (χ2v) is 5.15. The van der Waals surface area contributed by atoms with Gasteiger partial charge in [-0.25, -0.2) is 9.97 Å². The normalized spacial score (nSPS) is 10.7. The lowest BCUT2D eigenvalue weighted by Gasteiger charge is -2.19. The molecular weight excluding hydrogens is 280 g/mol. The number of ether oxygens (including phenoxy) is 1. The monoisotopic (exact) mass is 300 g/mol. The highest BCUT2D eigenvalue weighted by atomic mass is 35.5. The summed E-state index contributed by atoms with van der Waals surface area (Å²) in [5.74, 6) is 1.39. The topological polar surface area (TPSA) is 67.3 Å². The Hall–Kier alpha value is -1.40. The Labute approximate surface area is 124 Å². The van der Waals surface area contributed by atoms with Crippen LogP contribution in [0.15, 0.2) is 6.07 Å². The van der Waals surface area contributed by atoms with Crippen LogP contribution < -0.4 is 10.2 Å². The number of likely N-dealkylation sites (N-methyl/N-ethyl adjacent to an activating group) is 1. The van der Waals surface area contributed by atoms with Crippen molar-refractivity contribution in [1.82, 2.24) is 15.3 Å². The summed E-state index contributed by atoms with van der Waals surface area (Å²) >= 11 is 5.98. The Morgan fingerprint density at radius 1 is 1.50 bits per heavy atom. The summed E-state index contributed by atoms with van der Waals surface area (Å²) in [6.07, 6.45) is 0. The molecule has 0 aliphatic rings. The van der Waals surface area contributed by atoms with Crippen LogP contribution in [0.5, 0.6) is 0 Å². The first-order chi connectivity index (χ1) is 9.43. The fraction of sp³-hybridized carbons (Fsp3) is 0.615. The molecule has 1 heterocycles. The molecule has 0 fully saturated rings. The number of rotatable bonds is 7. The van der Waals surface area contributed by atoms with Crippen molar-refractivity contribution in [1.29, 1.82) is 0 Å². The molecular formula is C13H21ClN4O2. The van der Waals surface area contributed by atoms with Crippen LogP contribution in [0.4, 0.5) is 5.82 Å². The highest BCUT2D eigenvalue weighted by molar-refractivity contribution is 6.29.